The van der Waals surface area contributed by atoms with E-state index >= 15 is 0 Å². The molecule has 2 aromatic heterocycles. The highest BCUT2D eigenvalue weighted by molar-refractivity contribution is 5.98. The van der Waals surface area contributed by atoms with E-state index in [1.54, 1.807) is 31.3 Å². The smallest absolute Gasteiger partial charge is 0.342 e. The number of fused-ring (bicyclic) bond motifs is 1. The molecule has 1 fully saturated rings. The van der Waals surface area contributed by atoms with Gasteiger partial charge in [-0.3, -0.25) is 0 Å². The standard InChI is InChI=1S/C15H18N2O6/c1-2-22-15(21)10-8-5-3-4-6-17(8)16-11(10)14-13(20)12(19)9(7-18)23-14/h3-6,9,12-14,18-20H,2,7H2,1H3/t9-,12-,13-,14+/m1/s1. The van der Waals surface area contributed by atoms with Crippen LogP contribution in [0.15, 0.2) is 24.4 Å². The molecule has 8 nitrogen and oxygen atoms in total. The molecule has 23 heavy (non-hydrogen) atoms. The summed E-state index contributed by atoms with van der Waals surface area (Å²) < 4.78 is 12.0. The van der Waals surface area contributed by atoms with E-state index < -0.39 is 37.0 Å². The minimum atomic E-state index is -1.30. The van der Waals surface area contributed by atoms with Crippen LogP contribution in [0, 0.1) is 0 Å². The highest BCUT2D eigenvalue weighted by Crippen LogP contribution is 2.35. The Morgan fingerprint density at radius 1 is 1.39 bits per heavy atom. The summed E-state index contributed by atoms with van der Waals surface area (Å²) in [6.45, 7) is 1.44. The Kier molecular flexibility index (Phi) is 4.31. The van der Waals surface area contributed by atoms with Crippen molar-refractivity contribution < 1.29 is 29.6 Å². The Labute approximate surface area is 131 Å². The van der Waals surface area contributed by atoms with Crippen LogP contribution in [0.1, 0.15) is 29.1 Å². The molecule has 1 aliphatic heterocycles. The van der Waals surface area contributed by atoms with Crippen molar-refractivity contribution in [2.24, 2.45) is 0 Å². The van der Waals surface area contributed by atoms with Crippen molar-refractivity contribution in [1.29, 1.82) is 0 Å². The number of aromatic nitrogens is 2. The van der Waals surface area contributed by atoms with E-state index in [2.05, 4.69) is 5.10 Å². The zero-order chi connectivity index (χ0) is 16.6. The number of hydrogen-bond donors (Lipinski definition) is 3. The van der Waals surface area contributed by atoms with E-state index in [0.29, 0.717) is 5.52 Å². The lowest BCUT2D eigenvalue weighted by Gasteiger charge is -2.13. The van der Waals surface area contributed by atoms with Gasteiger partial charge in [-0.05, 0) is 19.1 Å². The van der Waals surface area contributed by atoms with Crippen LogP contribution < -0.4 is 0 Å². The Morgan fingerprint density at radius 2 is 2.17 bits per heavy atom. The van der Waals surface area contributed by atoms with Gasteiger partial charge in [0.2, 0.25) is 0 Å². The number of rotatable bonds is 4. The normalized spacial score (nSPS) is 27.5. The molecular formula is C15H18N2O6. The van der Waals surface area contributed by atoms with Crippen LogP contribution in [0.5, 0.6) is 0 Å². The molecule has 3 N–H and O–H groups in total. The summed E-state index contributed by atoms with van der Waals surface area (Å²) in [4.78, 5) is 12.3. The first-order valence-electron chi connectivity index (χ1n) is 7.35. The fourth-order valence-corrected chi connectivity index (χ4v) is 2.75. The summed E-state index contributed by atoms with van der Waals surface area (Å²) in [7, 11) is 0. The largest absolute Gasteiger partial charge is 0.462 e. The highest BCUT2D eigenvalue weighted by atomic mass is 16.6. The lowest BCUT2D eigenvalue weighted by molar-refractivity contribution is -0.0243. The lowest BCUT2D eigenvalue weighted by Crippen LogP contribution is -2.32. The van der Waals surface area contributed by atoms with E-state index in [9.17, 15) is 20.1 Å². The van der Waals surface area contributed by atoms with Gasteiger partial charge in [-0.25, -0.2) is 9.31 Å². The van der Waals surface area contributed by atoms with Gasteiger partial charge in [0.1, 0.15) is 35.7 Å². The molecule has 1 aliphatic rings. The average Bonchev–Trinajstić information content (AvgIpc) is 3.06. The maximum atomic E-state index is 12.3. The van der Waals surface area contributed by atoms with Crippen molar-refractivity contribution >= 4 is 11.5 Å². The monoisotopic (exact) mass is 322 g/mol. The van der Waals surface area contributed by atoms with E-state index in [1.807, 2.05) is 0 Å². The van der Waals surface area contributed by atoms with Gasteiger partial charge in [-0.15, -0.1) is 0 Å². The third kappa shape index (κ3) is 2.59. The predicted octanol–water partition coefficient (Wildman–Crippen LogP) is -0.335. The number of pyridine rings is 1. The molecule has 0 spiro atoms. The fraction of sp³-hybridized carbons (Fsp3) is 0.467. The number of carbonyl (C=O) groups is 1. The van der Waals surface area contributed by atoms with Crippen molar-refractivity contribution in [3.05, 3.63) is 35.7 Å². The van der Waals surface area contributed by atoms with Crippen LogP contribution in [-0.4, -0.2) is 62.4 Å². The maximum absolute atomic E-state index is 12.3. The van der Waals surface area contributed by atoms with E-state index in [1.165, 1.54) is 4.52 Å². The van der Waals surface area contributed by atoms with Gasteiger partial charge in [0, 0.05) is 6.20 Å². The first-order chi connectivity index (χ1) is 11.1. The van der Waals surface area contributed by atoms with E-state index in [0.717, 1.165) is 0 Å². The number of hydrogen-bond acceptors (Lipinski definition) is 7. The first-order valence-corrected chi connectivity index (χ1v) is 7.35. The second-order valence-corrected chi connectivity index (χ2v) is 5.27. The molecule has 124 valence electrons. The van der Waals surface area contributed by atoms with Gasteiger partial charge >= 0.3 is 5.97 Å². The van der Waals surface area contributed by atoms with Crippen molar-refractivity contribution in [2.75, 3.05) is 13.2 Å². The van der Waals surface area contributed by atoms with Gasteiger partial charge < -0.3 is 24.8 Å². The Morgan fingerprint density at radius 3 is 2.83 bits per heavy atom. The molecule has 0 aliphatic carbocycles. The third-order valence-electron chi connectivity index (χ3n) is 3.86. The summed E-state index contributed by atoms with van der Waals surface area (Å²) in [5.41, 5.74) is 0.873. The van der Waals surface area contributed by atoms with E-state index in [-0.39, 0.29) is 17.9 Å². The molecule has 8 heteroatoms. The van der Waals surface area contributed by atoms with Crippen LogP contribution in [0.25, 0.3) is 5.52 Å². The maximum Gasteiger partial charge on any atom is 0.342 e. The average molecular weight is 322 g/mol. The Hall–Kier alpha value is -2.00. The van der Waals surface area contributed by atoms with Crippen molar-refractivity contribution in [2.45, 2.75) is 31.3 Å². The predicted molar refractivity (Wildman–Crippen MR) is 77.9 cm³/mol. The molecule has 2 aromatic rings. The van der Waals surface area contributed by atoms with Crippen LogP contribution in [0.2, 0.25) is 0 Å². The first kappa shape index (κ1) is 15.9. The second-order valence-electron chi connectivity index (χ2n) is 5.27. The van der Waals surface area contributed by atoms with E-state index in [4.69, 9.17) is 9.47 Å². The summed E-state index contributed by atoms with van der Waals surface area (Å²) >= 11 is 0. The molecule has 3 heterocycles. The number of aliphatic hydroxyl groups excluding tert-OH is 3. The lowest BCUT2D eigenvalue weighted by atomic mass is 10.0. The number of aliphatic hydroxyl groups is 3. The molecule has 0 unspecified atom stereocenters. The molecule has 4 atom stereocenters. The van der Waals surface area contributed by atoms with Crippen LogP contribution >= 0.6 is 0 Å². The molecule has 0 aromatic carbocycles. The van der Waals surface area contributed by atoms with Gasteiger partial charge in [-0.1, -0.05) is 6.07 Å². The minimum absolute atomic E-state index is 0.178. The molecule has 3 rings (SSSR count). The van der Waals surface area contributed by atoms with Crippen LogP contribution in [0.4, 0.5) is 0 Å². The quantitative estimate of drug-likeness (QED) is 0.660. The molecule has 0 amide bonds. The SMILES string of the molecule is CCOC(=O)c1c([C@@H]2O[C@H](CO)[C@@H](O)[C@H]2O)nn2ccccc12. The zero-order valence-corrected chi connectivity index (χ0v) is 12.5. The summed E-state index contributed by atoms with van der Waals surface area (Å²) in [5, 5.41) is 33.6. The second kappa shape index (κ2) is 6.25. The molecule has 1 saturated heterocycles. The highest BCUT2D eigenvalue weighted by Gasteiger charge is 2.46. The van der Waals surface area contributed by atoms with Gasteiger partial charge in [0.05, 0.1) is 18.7 Å². The van der Waals surface area contributed by atoms with Crippen molar-refractivity contribution in [3.63, 3.8) is 0 Å². The zero-order valence-electron chi connectivity index (χ0n) is 12.5. The van der Waals surface area contributed by atoms with Gasteiger partial charge in [0.25, 0.3) is 0 Å². The number of ether oxygens (including phenoxy) is 2. The number of esters is 1. The van der Waals surface area contributed by atoms with Crippen molar-refractivity contribution in [1.82, 2.24) is 9.61 Å². The topological polar surface area (TPSA) is 114 Å². The molecule has 0 bridgehead atoms. The molecule has 0 radical (unpaired) electrons. The molecular weight excluding hydrogens is 304 g/mol. The van der Waals surface area contributed by atoms with Gasteiger partial charge in [-0.2, -0.15) is 5.10 Å². The Balaban J connectivity index is 2.10. The summed E-state index contributed by atoms with van der Waals surface area (Å²) in [6, 6.07) is 5.20. The minimum Gasteiger partial charge on any atom is -0.462 e. The van der Waals surface area contributed by atoms with Crippen LogP contribution in [-0.2, 0) is 9.47 Å². The van der Waals surface area contributed by atoms with Crippen molar-refractivity contribution in [3.8, 4) is 0 Å². The Bertz CT molecular complexity index is 715. The summed E-state index contributed by atoms with van der Waals surface area (Å²) in [6.07, 6.45) is -2.87. The fourth-order valence-electron chi connectivity index (χ4n) is 2.75. The summed E-state index contributed by atoms with van der Waals surface area (Å²) in [5.74, 6) is -0.582. The number of nitrogens with zero attached hydrogens (tertiary/aromatic N) is 2. The van der Waals surface area contributed by atoms with Gasteiger partial charge in [0.15, 0.2) is 0 Å². The third-order valence-corrected chi connectivity index (χ3v) is 3.86. The van der Waals surface area contributed by atoms with Crippen LogP contribution in [0.3, 0.4) is 0 Å². The molecule has 0 saturated carbocycles. The number of carbonyl (C=O) groups excluding carboxylic acids is 1.